The summed E-state index contributed by atoms with van der Waals surface area (Å²) in [4.78, 5) is 0. The second-order valence-electron chi connectivity index (χ2n) is 6.09. The average Bonchev–Trinajstić information content (AvgIpc) is 2.86. The van der Waals surface area contributed by atoms with E-state index in [4.69, 9.17) is 0 Å². The molecule has 0 spiro atoms. The highest BCUT2D eigenvalue weighted by molar-refractivity contribution is 5.41. The zero-order valence-electron chi connectivity index (χ0n) is 12.9. The van der Waals surface area contributed by atoms with Gasteiger partial charge in [-0.05, 0) is 62.1 Å². The number of likely N-dealkylation sites (N-methyl/N-ethyl adjacent to an activating group) is 1. The third-order valence-electron chi connectivity index (χ3n) is 4.68. The molecule has 0 aromatic heterocycles. The third kappa shape index (κ3) is 2.49. The van der Waals surface area contributed by atoms with Crippen LogP contribution in [0.25, 0.3) is 0 Å². The van der Waals surface area contributed by atoms with Gasteiger partial charge in [0.1, 0.15) is 5.82 Å². The van der Waals surface area contributed by atoms with Crippen LogP contribution in [-0.2, 0) is 6.42 Å². The zero-order valence-corrected chi connectivity index (χ0v) is 12.9. The molecule has 21 heavy (non-hydrogen) atoms. The lowest BCUT2D eigenvalue weighted by molar-refractivity contribution is 0.452. The van der Waals surface area contributed by atoms with E-state index in [0.717, 1.165) is 29.5 Å². The molecule has 0 fully saturated rings. The average molecular weight is 283 g/mol. The Morgan fingerprint density at radius 1 is 1.19 bits per heavy atom. The molecule has 2 aromatic carbocycles. The molecule has 3 rings (SSSR count). The molecular weight excluding hydrogens is 261 g/mol. The first kappa shape index (κ1) is 14.3. The maximum Gasteiger partial charge on any atom is 0.128 e. The van der Waals surface area contributed by atoms with Crippen molar-refractivity contribution in [1.29, 1.82) is 0 Å². The zero-order chi connectivity index (χ0) is 15.0. The van der Waals surface area contributed by atoms with Gasteiger partial charge in [-0.2, -0.15) is 0 Å². The smallest absolute Gasteiger partial charge is 0.128 e. The monoisotopic (exact) mass is 283 g/mol. The lowest BCUT2D eigenvalue weighted by atomic mass is 9.85. The van der Waals surface area contributed by atoms with Gasteiger partial charge in [-0.25, -0.2) is 4.39 Å². The van der Waals surface area contributed by atoms with Crippen LogP contribution in [-0.4, -0.2) is 7.05 Å². The van der Waals surface area contributed by atoms with E-state index in [-0.39, 0.29) is 11.9 Å². The van der Waals surface area contributed by atoms with E-state index in [1.54, 1.807) is 6.07 Å². The second kappa shape index (κ2) is 5.61. The quantitative estimate of drug-likeness (QED) is 0.878. The molecule has 0 heterocycles. The summed E-state index contributed by atoms with van der Waals surface area (Å²) in [7, 11) is 1.93. The van der Waals surface area contributed by atoms with Gasteiger partial charge in [0.25, 0.3) is 0 Å². The van der Waals surface area contributed by atoms with Crippen molar-refractivity contribution in [2.75, 3.05) is 7.05 Å². The van der Waals surface area contributed by atoms with Gasteiger partial charge in [0.05, 0.1) is 0 Å². The molecule has 0 bridgehead atoms. The fourth-order valence-electron chi connectivity index (χ4n) is 3.80. The molecule has 1 N–H and O–H groups in total. The summed E-state index contributed by atoms with van der Waals surface area (Å²) in [6.45, 7) is 3.95. The maximum atomic E-state index is 14.5. The summed E-state index contributed by atoms with van der Waals surface area (Å²) in [5.74, 6) is 0.262. The van der Waals surface area contributed by atoms with Gasteiger partial charge in [0.15, 0.2) is 0 Å². The lowest BCUT2D eigenvalue weighted by Crippen LogP contribution is -2.24. The Kier molecular flexibility index (Phi) is 3.81. The van der Waals surface area contributed by atoms with E-state index in [1.807, 2.05) is 20.9 Å². The highest BCUT2D eigenvalue weighted by atomic mass is 19.1. The highest BCUT2D eigenvalue weighted by Crippen LogP contribution is 2.42. The van der Waals surface area contributed by atoms with Crippen molar-refractivity contribution in [2.45, 2.75) is 38.6 Å². The van der Waals surface area contributed by atoms with Crippen molar-refractivity contribution in [1.82, 2.24) is 5.32 Å². The minimum Gasteiger partial charge on any atom is -0.312 e. The number of hydrogen-bond donors (Lipinski definition) is 1. The molecular formula is C19H22FN. The Labute approximate surface area is 126 Å². The van der Waals surface area contributed by atoms with E-state index in [0.29, 0.717) is 5.92 Å². The maximum absolute atomic E-state index is 14.5. The fraction of sp³-hybridized carbons (Fsp3) is 0.368. The van der Waals surface area contributed by atoms with Crippen molar-refractivity contribution in [3.63, 3.8) is 0 Å². The molecule has 110 valence electrons. The van der Waals surface area contributed by atoms with Gasteiger partial charge in [-0.3, -0.25) is 0 Å². The summed E-state index contributed by atoms with van der Waals surface area (Å²) in [5, 5.41) is 3.36. The van der Waals surface area contributed by atoms with E-state index in [9.17, 15) is 4.39 Å². The third-order valence-corrected chi connectivity index (χ3v) is 4.68. The van der Waals surface area contributed by atoms with E-state index in [1.165, 1.54) is 11.1 Å². The second-order valence-corrected chi connectivity index (χ2v) is 6.09. The summed E-state index contributed by atoms with van der Waals surface area (Å²) in [6.07, 6.45) is 2.17. The van der Waals surface area contributed by atoms with Crippen LogP contribution in [0.4, 0.5) is 4.39 Å². The predicted molar refractivity (Wildman–Crippen MR) is 85.2 cm³/mol. The van der Waals surface area contributed by atoms with Gasteiger partial charge in [-0.15, -0.1) is 0 Å². The van der Waals surface area contributed by atoms with Gasteiger partial charge in [-0.1, -0.05) is 30.3 Å². The van der Waals surface area contributed by atoms with Crippen molar-refractivity contribution < 1.29 is 4.39 Å². The van der Waals surface area contributed by atoms with Crippen LogP contribution in [0.2, 0.25) is 0 Å². The molecule has 2 unspecified atom stereocenters. The first-order valence-electron chi connectivity index (χ1n) is 7.63. The number of hydrogen-bond acceptors (Lipinski definition) is 1. The summed E-state index contributed by atoms with van der Waals surface area (Å²) < 4.78 is 14.5. The summed E-state index contributed by atoms with van der Waals surface area (Å²) in [6, 6.07) is 12.3. The van der Waals surface area contributed by atoms with Gasteiger partial charge in [0, 0.05) is 17.5 Å². The normalized spacial score (nSPS) is 18.6. The summed E-state index contributed by atoms with van der Waals surface area (Å²) >= 11 is 0. The van der Waals surface area contributed by atoms with Gasteiger partial charge < -0.3 is 5.32 Å². The van der Waals surface area contributed by atoms with Crippen molar-refractivity contribution in [3.8, 4) is 0 Å². The fourth-order valence-corrected chi connectivity index (χ4v) is 3.80. The Morgan fingerprint density at radius 3 is 2.67 bits per heavy atom. The van der Waals surface area contributed by atoms with Crippen LogP contribution in [0.5, 0.6) is 0 Å². The Bertz CT molecular complexity index is 639. The van der Waals surface area contributed by atoms with E-state index >= 15 is 0 Å². The van der Waals surface area contributed by atoms with Crippen molar-refractivity contribution in [2.24, 2.45) is 0 Å². The first-order chi connectivity index (χ1) is 10.1. The molecule has 0 aliphatic heterocycles. The molecule has 2 aromatic rings. The molecule has 2 heteroatoms. The molecule has 0 amide bonds. The van der Waals surface area contributed by atoms with Crippen LogP contribution in [0.1, 0.15) is 46.2 Å². The number of fused-ring (bicyclic) bond motifs is 1. The SMILES string of the molecule is CNC(c1c(C)cc(C)cc1F)C1CCc2ccccc21. The highest BCUT2D eigenvalue weighted by Gasteiger charge is 2.32. The van der Waals surface area contributed by atoms with Gasteiger partial charge >= 0.3 is 0 Å². The molecule has 2 atom stereocenters. The van der Waals surface area contributed by atoms with Gasteiger partial charge in [0.2, 0.25) is 0 Å². The molecule has 1 nitrogen and oxygen atoms in total. The number of rotatable bonds is 3. The van der Waals surface area contributed by atoms with Crippen LogP contribution < -0.4 is 5.32 Å². The van der Waals surface area contributed by atoms with Crippen molar-refractivity contribution >= 4 is 0 Å². The van der Waals surface area contributed by atoms with E-state index < -0.39 is 0 Å². The first-order valence-corrected chi connectivity index (χ1v) is 7.63. The minimum absolute atomic E-state index is 0.0363. The number of benzene rings is 2. The molecule has 0 saturated heterocycles. The molecule has 0 saturated carbocycles. The van der Waals surface area contributed by atoms with Crippen LogP contribution in [0, 0.1) is 19.7 Å². The number of nitrogens with one attached hydrogen (secondary N) is 1. The lowest BCUT2D eigenvalue weighted by Gasteiger charge is -2.27. The van der Waals surface area contributed by atoms with E-state index in [2.05, 4.69) is 35.6 Å². The topological polar surface area (TPSA) is 12.0 Å². The minimum atomic E-state index is -0.0868. The largest absolute Gasteiger partial charge is 0.312 e. The van der Waals surface area contributed by atoms with Crippen LogP contribution in [0.15, 0.2) is 36.4 Å². The Hall–Kier alpha value is -1.67. The van der Waals surface area contributed by atoms with Crippen LogP contribution in [0.3, 0.4) is 0 Å². The summed E-state index contributed by atoms with van der Waals surface area (Å²) in [5.41, 5.74) is 5.63. The molecule has 1 aliphatic carbocycles. The standard InChI is InChI=1S/C19H22FN/c1-12-10-13(2)18(17(20)11-12)19(21-3)16-9-8-14-6-4-5-7-15(14)16/h4-7,10-11,16,19,21H,8-9H2,1-3H3. The number of halogens is 1. The Morgan fingerprint density at radius 2 is 1.95 bits per heavy atom. The Balaban J connectivity index is 2.05. The van der Waals surface area contributed by atoms with Crippen LogP contribution >= 0.6 is 0 Å². The molecule has 0 radical (unpaired) electrons. The molecule has 1 aliphatic rings. The number of aryl methyl sites for hydroxylation is 3. The predicted octanol–water partition coefficient (Wildman–Crippen LogP) is 4.43. The van der Waals surface area contributed by atoms with Crippen molar-refractivity contribution in [3.05, 3.63) is 70.0 Å².